The maximum Gasteiger partial charge on any atom is 0.191 e. The van der Waals surface area contributed by atoms with Gasteiger partial charge in [-0.3, -0.25) is 0 Å². The van der Waals surface area contributed by atoms with Crippen LogP contribution in [0.4, 0.5) is 0 Å². The molecule has 0 aromatic carbocycles. The number of ether oxygens (including phenoxy) is 1. The van der Waals surface area contributed by atoms with E-state index in [1.807, 2.05) is 0 Å². The highest BCUT2D eigenvalue weighted by atomic mass is 28.4. The predicted molar refractivity (Wildman–Crippen MR) is 78.7 cm³/mol. The number of rotatable bonds is 4. The fourth-order valence-electron chi connectivity index (χ4n) is 2.97. The first-order valence-corrected chi connectivity index (χ1v) is 10.4. The van der Waals surface area contributed by atoms with Crippen LogP contribution in [0.3, 0.4) is 0 Å². The first-order valence-electron chi connectivity index (χ1n) is 7.49. The van der Waals surface area contributed by atoms with Crippen molar-refractivity contribution in [1.82, 2.24) is 0 Å². The fraction of sp³-hybridized carbons (Fsp3) is 0.933. The van der Waals surface area contributed by atoms with Crippen molar-refractivity contribution in [2.75, 3.05) is 6.61 Å². The predicted octanol–water partition coefficient (Wildman–Crippen LogP) is 3.39. The second kappa shape index (κ2) is 5.30. The van der Waals surface area contributed by atoms with Gasteiger partial charge in [0, 0.05) is 12.5 Å². The highest BCUT2D eigenvalue weighted by Gasteiger charge is 2.46. The molecular weight excluding hydrogens is 256 g/mol. The summed E-state index contributed by atoms with van der Waals surface area (Å²) < 4.78 is 12.2. The molecule has 110 valence electrons. The van der Waals surface area contributed by atoms with E-state index in [-0.39, 0.29) is 17.2 Å². The van der Waals surface area contributed by atoms with E-state index in [9.17, 15) is 4.79 Å². The summed E-state index contributed by atoms with van der Waals surface area (Å²) in [7, 11) is -1.67. The van der Waals surface area contributed by atoms with E-state index in [0.717, 1.165) is 19.3 Å². The quantitative estimate of drug-likeness (QED) is 0.586. The molecule has 0 unspecified atom stereocenters. The van der Waals surface area contributed by atoms with Crippen molar-refractivity contribution in [2.45, 2.75) is 70.4 Å². The molecule has 0 aromatic rings. The zero-order chi connectivity index (χ0) is 14.3. The summed E-state index contributed by atoms with van der Waals surface area (Å²) in [5.74, 6) is 1.08. The standard InChI is InChI=1S/C15H28O3Si/c1-15(2,3)19(4,5)17-10-12-7-6-11-8-13(9-16)18-14(11)12/h9,11-14H,6-8,10H2,1-5H3/t11-,12-,13+,14+/m0/s1. The van der Waals surface area contributed by atoms with Crippen molar-refractivity contribution in [3.05, 3.63) is 0 Å². The molecule has 1 saturated carbocycles. The van der Waals surface area contributed by atoms with Gasteiger partial charge in [0.15, 0.2) is 8.32 Å². The molecule has 4 atom stereocenters. The molecule has 3 nitrogen and oxygen atoms in total. The highest BCUT2D eigenvalue weighted by molar-refractivity contribution is 6.74. The Hall–Kier alpha value is -0.193. The van der Waals surface area contributed by atoms with Crippen molar-refractivity contribution in [3.8, 4) is 0 Å². The Balaban J connectivity index is 1.89. The number of carbonyl (C=O) groups excluding carboxylic acids is 1. The summed E-state index contributed by atoms with van der Waals surface area (Å²) in [6.45, 7) is 12.2. The maximum absolute atomic E-state index is 10.8. The van der Waals surface area contributed by atoms with Gasteiger partial charge in [0.2, 0.25) is 0 Å². The molecule has 0 N–H and O–H groups in total. The summed E-state index contributed by atoms with van der Waals surface area (Å²) in [6, 6.07) is 0. The molecule has 0 aromatic heterocycles. The number of fused-ring (bicyclic) bond motifs is 1. The lowest BCUT2D eigenvalue weighted by Crippen LogP contribution is -2.42. The smallest absolute Gasteiger partial charge is 0.191 e. The van der Waals surface area contributed by atoms with E-state index in [2.05, 4.69) is 33.9 Å². The SMILES string of the molecule is CC(C)(C)[Si](C)(C)OC[C@@H]1CC[C@H]2C[C@H](C=O)O[C@@H]12. The molecule has 1 heterocycles. The van der Waals surface area contributed by atoms with E-state index >= 15 is 0 Å². The highest BCUT2D eigenvalue weighted by Crippen LogP contribution is 2.44. The van der Waals surface area contributed by atoms with Crippen LogP contribution in [-0.2, 0) is 14.0 Å². The third kappa shape index (κ3) is 3.11. The van der Waals surface area contributed by atoms with Gasteiger partial charge in [0.05, 0.1) is 6.10 Å². The van der Waals surface area contributed by atoms with Crippen molar-refractivity contribution < 1.29 is 14.0 Å². The van der Waals surface area contributed by atoms with Gasteiger partial charge in [0.25, 0.3) is 0 Å². The van der Waals surface area contributed by atoms with Crippen molar-refractivity contribution in [2.24, 2.45) is 11.8 Å². The lowest BCUT2D eigenvalue weighted by Gasteiger charge is -2.37. The van der Waals surface area contributed by atoms with E-state index in [4.69, 9.17) is 9.16 Å². The number of hydrogen-bond donors (Lipinski definition) is 0. The molecule has 1 aliphatic heterocycles. The van der Waals surface area contributed by atoms with Crippen molar-refractivity contribution in [3.63, 3.8) is 0 Å². The molecule has 2 aliphatic rings. The third-order valence-electron chi connectivity index (χ3n) is 5.32. The zero-order valence-corrected chi connectivity index (χ0v) is 13.9. The Labute approximate surface area is 118 Å². The Morgan fingerprint density at radius 1 is 1.32 bits per heavy atom. The van der Waals surface area contributed by atoms with Crippen LogP contribution in [0, 0.1) is 11.8 Å². The lowest BCUT2D eigenvalue weighted by molar-refractivity contribution is -0.118. The van der Waals surface area contributed by atoms with Crippen LogP contribution in [0.15, 0.2) is 0 Å². The molecule has 2 fully saturated rings. The second-order valence-electron chi connectivity index (χ2n) is 7.68. The van der Waals surface area contributed by atoms with E-state index in [1.165, 1.54) is 12.8 Å². The average Bonchev–Trinajstić information content (AvgIpc) is 2.84. The van der Waals surface area contributed by atoms with Crippen LogP contribution >= 0.6 is 0 Å². The molecule has 1 saturated heterocycles. The lowest BCUT2D eigenvalue weighted by atomic mass is 10.00. The topological polar surface area (TPSA) is 35.5 Å². The van der Waals surface area contributed by atoms with E-state index in [0.29, 0.717) is 11.8 Å². The minimum Gasteiger partial charge on any atom is -0.416 e. The monoisotopic (exact) mass is 284 g/mol. The fourth-order valence-corrected chi connectivity index (χ4v) is 4.03. The van der Waals surface area contributed by atoms with Crippen LogP contribution in [0.1, 0.15) is 40.0 Å². The second-order valence-corrected chi connectivity index (χ2v) is 12.5. The van der Waals surface area contributed by atoms with Gasteiger partial charge in [-0.05, 0) is 43.3 Å². The van der Waals surface area contributed by atoms with Gasteiger partial charge in [0.1, 0.15) is 12.4 Å². The Bertz CT molecular complexity index is 335. The molecule has 19 heavy (non-hydrogen) atoms. The number of aldehydes is 1. The van der Waals surface area contributed by atoms with Crippen LogP contribution in [0.25, 0.3) is 0 Å². The van der Waals surface area contributed by atoms with Crippen LogP contribution < -0.4 is 0 Å². The molecule has 0 radical (unpaired) electrons. The van der Waals surface area contributed by atoms with E-state index in [1.54, 1.807) is 0 Å². The number of hydrogen-bond acceptors (Lipinski definition) is 3. The van der Waals surface area contributed by atoms with Gasteiger partial charge >= 0.3 is 0 Å². The van der Waals surface area contributed by atoms with E-state index < -0.39 is 8.32 Å². The normalized spacial score (nSPS) is 35.4. The maximum atomic E-state index is 10.8. The van der Waals surface area contributed by atoms with Gasteiger partial charge in [-0.25, -0.2) is 0 Å². The third-order valence-corrected chi connectivity index (χ3v) is 9.82. The Kier molecular flexibility index (Phi) is 4.24. The zero-order valence-electron chi connectivity index (χ0n) is 12.9. The average molecular weight is 284 g/mol. The molecule has 0 spiro atoms. The van der Waals surface area contributed by atoms with Gasteiger partial charge in [-0.1, -0.05) is 20.8 Å². The molecule has 1 aliphatic carbocycles. The molecule has 4 heteroatoms. The van der Waals surface area contributed by atoms with Crippen LogP contribution in [0.5, 0.6) is 0 Å². The Morgan fingerprint density at radius 3 is 2.58 bits per heavy atom. The van der Waals surface area contributed by atoms with Crippen molar-refractivity contribution in [1.29, 1.82) is 0 Å². The summed E-state index contributed by atoms with van der Waals surface area (Å²) in [4.78, 5) is 10.8. The largest absolute Gasteiger partial charge is 0.416 e. The van der Waals surface area contributed by atoms with Crippen molar-refractivity contribution >= 4 is 14.6 Å². The van der Waals surface area contributed by atoms with Gasteiger partial charge in [-0.2, -0.15) is 0 Å². The minimum atomic E-state index is -1.67. The van der Waals surface area contributed by atoms with Gasteiger partial charge in [-0.15, -0.1) is 0 Å². The van der Waals surface area contributed by atoms with Gasteiger partial charge < -0.3 is 14.0 Å². The summed E-state index contributed by atoms with van der Waals surface area (Å²) in [5.41, 5.74) is 0. The van der Waals surface area contributed by atoms with Crippen LogP contribution in [-0.4, -0.2) is 33.4 Å². The number of carbonyl (C=O) groups is 1. The minimum absolute atomic E-state index is 0.161. The Morgan fingerprint density at radius 2 is 2.00 bits per heavy atom. The summed E-state index contributed by atoms with van der Waals surface area (Å²) in [5, 5.41) is 0.257. The summed E-state index contributed by atoms with van der Waals surface area (Å²) in [6.07, 6.45) is 4.37. The molecular formula is C15H28O3Si. The molecule has 0 amide bonds. The van der Waals surface area contributed by atoms with Crippen LogP contribution in [0.2, 0.25) is 18.1 Å². The molecule has 2 rings (SSSR count). The summed E-state index contributed by atoms with van der Waals surface area (Å²) >= 11 is 0. The first kappa shape index (κ1) is 15.2. The molecule has 0 bridgehead atoms. The first-order chi connectivity index (χ1) is 8.74.